The van der Waals surface area contributed by atoms with Crippen molar-refractivity contribution in [1.82, 2.24) is 9.78 Å². The minimum Gasteiger partial charge on any atom is -0.322 e. The summed E-state index contributed by atoms with van der Waals surface area (Å²) in [6.07, 6.45) is 0.834. The maximum atomic E-state index is 12.7. The number of amides is 1. The summed E-state index contributed by atoms with van der Waals surface area (Å²) in [4.78, 5) is 26.1. The van der Waals surface area contributed by atoms with Crippen molar-refractivity contribution >= 4 is 23.4 Å². The van der Waals surface area contributed by atoms with Crippen LogP contribution in [0.5, 0.6) is 0 Å². The molecule has 1 N–H and O–H groups in total. The normalized spacial score (nSPS) is 10.7. The second kappa shape index (κ2) is 9.66. The molecule has 32 heavy (non-hydrogen) atoms. The zero-order valence-corrected chi connectivity index (χ0v) is 18.7. The van der Waals surface area contributed by atoms with Crippen molar-refractivity contribution in [2.45, 2.75) is 30.2 Å². The molecule has 6 heteroatoms. The number of nitrogens with zero attached hydrogens (tertiary/aromatic N) is 2. The highest BCUT2D eigenvalue weighted by atomic mass is 32.2. The highest BCUT2D eigenvalue weighted by Crippen LogP contribution is 2.25. The Morgan fingerprint density at radius 2 is 1.66 bits per heavy atom. The Hall–Kier alpha value is -3.64. The molecule has 0 bridgehead atoms. The van der Waals surface area contributed by atoms with Gasteiger partial charge >= 0.3 is 0 Å². The van der Waals surface area contributed by atoms with Crippen molar-refractivity contribution in [3.63, 3.8) is 0 Å². The summed E-state index contributed by atoms with van der Waals surface area (Å²) >= 11 is 1.49. The van der Waals surface area contributed by atoms with Crippen LogP contribution in [0.4, 0.5) is 5.69 Å². The molecular formula is C26H23N3O2S. The Balaban J connectivity index is 1.54. The van der Waals surface area contributed by atoms with Gasteiger partial charge in [-0.15, -0.1) is 0 Å². The molecule has 5 nitrogen and oxygen atoms in total. The molecule has 0 aliphatic rings. The lowest BCUT2D eigenvalue weighted by molar-refractivity contribution is 0.102. The minimum absolute atomic E-state index is 0.193. The van der Waals surface area contributed by atoms with Crippen LogP contribution in [0.3, 0.4) is 0 Å². The van der Waals surface area contributed by atoms with Crippen molar-refractivity contribution in [2.75, 3.05) is 5.32 Å². The number of para-hydroxylation sites is 1. The number of anilines is 1. The van der Waals surface area contributed by atoms with Gasteiger partial charge in [-0.05, 0) is 67.4 Å². The van der Waals surface area contributed by atoms with Crippen molar-refractivity contribution in [3.8, 4) is 5.69 Å². The lowest BCUT2D eigenvalue weighted by Gasteiger charge is -2.11. The Kier molecular flexibility index (Phi) is 6.52. The topological polar surface area (TPSA) is 64.0 Å². The van der Waals surface area contributed by atoms with Crippen LogP contribution in [0.15, 0.2) is 99.6 Å². The van der Waals surface area contributed by atoms with Gasteiger partial charge in [0.1, 0.15) is 5.03 Å². The van der Waals surface area contributed by atoms with E-state index in [1.807, 2.05) is 55.5 Å². The summed E-state index contributed by atoms with van der Waals surface area (Å²) in [6, 6.07) is 26.0. The van der Waals surface area contributed by atoms with Crippen LogP contribution in [0.2, 0.25) is 0 Å². The molecule has 1 aromatic heterocycles. The predicted octanol–water partition coefficient (Wildman–Crippen LogP) is 5.51. The Morgan fingerprint density at radius 3 is 2.38 bits per heavy atom. The van der Waals surface area contributed by atoms with E-state index >= 15 is 0 Å². The number of carbonyl (C=O) groups excluding carboxylic acids is 1. The van der Waals surface area contributed by atoms with E-state index in [9.17, 15) is 9.59 Å². The molecule has 0 saturated heterocycles. The standard InChI is InChI=1S/C26H23N3O2S/c1-3-19-6-4-5-7-23(19)27-26(31)20-10-12-21(13-11-20)29-25(30)17-16-24(28-29)32-22-14-8-18(2)9-15-22/h4-17H,3H2,1-2H3,(H,27,31). The van der Waals surface area contributed by atoms with Crippen molar-refractivity contribution in [2.24, 2.45) is 0 Å². The molecule has 4 aromatic rings. The van der Waals surface area contributed by atoms with Gasteiger partial charge < -0.3 is 5.32 Å². The number of aryl methyl sites for hydroxylation is 2. The summed E-state index contributed by atoms with van der Waals surface area (Å²) in [5.74, 6) is -0.193. The zero-order chi connectivity index (χ0) is 22.5. The van der Waals surface area contributed by atoms with E-state index in [4.69, 9.17) is 0 Å². The minimum atomic E-state index is -0.229. The first kappa shape index (κ1) is 21.6. The predicted molar refractivity (Wildman–Crippen MR) is 129 cm³/mol. The number of rotatable bonds is 6. The molecule has 0 spiro atoms. The molecule has 0 fully saturated rings. The molecule has 0 aliphatic carbocycles. The average molecular weight is 442 g/mol. The molecule has 160 valence electrons. The lowest BCUT2D eigenvalue weighted by atomic mass is 10.1. The van der Waals surface area contributed by atoms with Crippen LogP contribution < -0.4 is 10.9 Å². The van der Waals surface area contributed by atoms with Gasteiger partial charge in [0.2, 0.25) is 0 Å². The third-order valence-corrected chi connectivity index (χ3v) is 5.97. The maximum absolute atomic E-state index is 12.7. The number of hydrogen-bond donors (Lipinski definition) is 1. The van der Waals surface area contributed by atoms with E-state index < -0.39 is 0 Å². The second-order valence-corrected chi connectivity index (χ2v) is 8.44. The third-order valence-electron chi connectivity index (χ3n) is 5.04. The van der Waals surface area contributed by atoms with Crippen molar-refractivity contribution in [1.29, 1.82) is 0 Å². The SMILES string of the molecule is CCc1ccccc1NC(=O)c1ccc(-n2nc(Sc3ccc(C)cc3)ccc2=O)cc1. The average Bonchev–Trinajstić information content (AvgIpc) is 2.82. The van der Waals surface area contributed by atoms with Gasteiger partial charge in [0, 0.05) is 22.2 Å². The molecule has 1 heterocycles. The smallest absolute Gasteiger partial charge is 0.271 e. The summed E-state index contributed by atoms with van der Waals surface area (Å²) < 4.78 is 1.35. The fourth-order valence-electron chi connectivity index (χ4n) is 3.26. The first-order valence-corrected chi connectivity index (χ1v) is 11.2. The van der Waals surface area contributed by atoms with E-state index in [0.717, 1.165) is 22.6 Å². The van der Waals surface area contributed by atoms with Crippen molar-refractivity contribution in [3.05, 3.63) is 112 Å². The Morgan fingerprint density at radius 1 is 0.938 bits per heavy atom. The molecule has 0 atom stereocenters. The van der Waals surface area contributed by atoms with Crippen LogP contribution in [0, 0.1) is 6.92 Å². The van der Waals surface area contributed by atoms with Crippen LogP contribution in [0.1, 0.15) is 28.4 Å². The molecular weight excluding hydrogens is 418 g/mol. The quantitative estimate of drug-likeness (QED) is 0.429. The highest BCUT2D eigenvalue weighted by molar-refractivity contribution is 7.99. The number of aromatic nitrogens is 2. The van der Waals surface area contributed by atoms with Crippen LogP contribution in [0.25, 0.3) is 5.69 Å². The summed E-state index contributed by atoms with van der Waals surface area (Å²) in [5, 5.41) is 8.17. The largest absolute Gasteiger partial charge is 0.322 e. The lowest BCUT2D eigenvalue weighted by Crippen LogP contribution is -2.20. The van der Waals surface area contributed by atoms with Crippen LogP contribution in [-0.2, 0) is 6.42 Å². The Bertz CT molecular complexity index is 1300. The molecule has 0 aliphatic heterocycles. The molecule has 3 aromatic carbocycles. The number of nitrogens with one attached hydrogen (secondary N) is 1. The van der Waals surface area contributed by atoms with E-state index in [-0.39, 0.29) is 11.5 Å². The van der Waals surface area contributed by atoms with E-state index in [0.29, 0.717) is 16.3 Å². The molecule has 4 rings (SSSR count). The van der Waals surface area contributed by atoms with Crippen LogP contribution in [-0.4, -0.2) is 15.7 Å². The molecule has 0 unspecified atom stereocenters. The summed E-state index contributed by atoms with van der Waals surface area (Å²) in [6.45, 7) is 4.09. The fourth-order valence-corrected chi connectivity index (χ4v) is 4.03. The van der Waals surface area contributed by atoms with Gasteiger partial charge in [-0.1, -0.05) is 54.6 Å². The molecule has 0 radical (unpaired) electrons. The molecule has 1 amide bonds. The maximum Gasteiger partial charge on any atom is 0.271 e. The van der Waals surface area contributed by atoms with Crippen molar-refractivity contribution < 1.29 is 4.79 Å². The van der Waals surface area contributed by atoms with Gasteiger partial charge in [0.05, 0.1) is 5.69 Å². The Labute approximate surface area is 191 Å². The third kappa shape index (κ3) is 4.98. The first-order chi connectivity index (χ1) is 15.5. The van der Waals surface area contributed by atoms with Gasteiger partial charge in [0.15, 0.2) is 0 Å². The second-order valence-electron chi connectivity index (χ2n) is 7.35. The number of hydrogen-bond acceptors (Lipinski definition) is 4. The van der Waals surface area contributed by atoms with Crippen LogP contribution >= 0.6 is 11.8 Å². The van der Waals surface area contributed by atoms with Gasteiger partial charge in [-0.3, -0.25) is 9.59 Å². The van der Waals surface area contributed by atoms with E-state index in [2.05, 4.69) is 17.3 Å². The number of benzene rings is 3. The fraction of sp³-hybridized carbons (Fsp3) is 0.115. The highest BCUT2D eigenvalue weighted by Gasteiger charge is 2.10. The van der Waals surface area contributed by atoms with Gasteiger partial charge in [0.25, 0.3) is 11.5 Å². The first-order valence-electron chi connectivity index (χ1n) is 10.4. The summed E-state index contributed by atoms with van der Waals surface area (Å²) in [5.41, 5.74) is 3.96. The monoisotopic (exact) mass is 441 g/mol. The molecule has 0 saturated carbocycles. The zero-order valence-electron chi connectivity index (χ0n) is 17.9. The summed E-state index contributed by atoms with van der Waals surface area (Å²) in [7, 11) is 0. The number of carbonyl (C=O) groups is 1. The van der Waals surface area contributed by atoms with E-state index in [1.165, 1.54) is 28.1 Å². The van der Waals surface area contributed by atoms with E-state index in [1.54, 1.807) is 30.3 Å². The van der Waals surface area contributed by atoms with Gasteiger partial charge in [-0.2, -0.15) is 9.78 Å². The van der Waals surface area contributed by atoms with Gasteiger partial charge in [-0.25, -0.2) is 0 Å².